The van der Waals surface area contributed by atoms with Crippen molar-refractivity contribution in [2.24, 2.45) is 0 Å². The van der Waals surface area contributed by atoms with Crippen molar-refractivity contribution >= 4 is 29.3 Å². The van der Waals surface area contributed by atoms with Crippen LogP contribution in [0.3, 0.4) is 0 Å². The van der Waals surface area contributed by atoms with Gasteiger partial charge in [-0.2, -0.15) is 0 Å². The lowest BCUT2D eigenvalue weighted by molar-refractivity contribution is -0.113. The summed E-state index contributed by atoms with van der Waals surface area (Å²) in [5.41, 5.74) is 2.18. The third-order valence-electron chi connectivity index (χ3n) is 4.51. The number of amides is 1. The Balaban J connectivity index is 1.56. The molecule has 1 amide bonds. The number of aromatic nitrogens is 3. The monoisotopic (exact) mass is 466 g/mol. The zero-order valence-electron chi connectivity index (χ0n) is 18.6. The van der Waals surface area contributed by atoms with Gasteiger partial charge in [0.2, 0.25) is 5.91 Å². The third-order valence-corrected chi connectivity index (χ3v) is 5.47. The van der Waals surface area contributed by atoms with Crippen molar-refractivity contribution in [3.63, 3.8) is 0 Å². The molecule has 1 heterocycles. The molecule has 33 heavy (non-hydrogen) atoms. The first-order valence-electron chi connectivity index (χ1n) is 10.4. The van der Waals surface area contributed by atoms with Gasteiger partial charge >= 0.3 is 5.97 Å². The summed E-state index contributed by atoms with van der Waals surface area (Å²) in [6.45, 7) is 8.62. The van der Waals surface area contributed by atoms with Gasteiger partial charge in [-0.1, -0.05) is 35.5 Å². The van der Waals surface area contributed by atoms with E-state index in [1.54, 1.807) is 37.3 Å². The summed E-state index contributed by atoms with van der Waals surface area (Å²) >= 11 is 1.27. The summed E-state index contributed by atoms with van der Waals surface area (Å²) in [5.74, 6) is 0.946. The molecular formula is C24H26N4O4S. The molecule has 0 bridgehead atoms. The number of carbonyl (C=O) groups is 2. The smallest absolute Gasteiger partial charge is 0.338 e. The molecule has 0 atom stereocenters. The van der Waals surface area contributed by atoms with Gasteiger partial charge < -0.3 is 14.8 Å². The van der Waals surface area contributed by atoms with Gasteiger partial charge in [0.25, 0.3) is 0 Å². The van der Waals surface area contributed by atoms with E-state index in [1.807, 2.05) is 35.8 Å². The number of esters is 1. The van der Waals surface area contributed by atoms with Crippen molar-refractivity contribution in [1.29, 1.82) is 0 Å². The maximum Gasteiger partial charge on any atom is 0.338 e. The molecule has 0 saturated carbocycles. The molecule has 2 aromatic carbocycles. The van der Waals surface area contributed by atoms with Crippen molar-refractivity contribution in [2.45, 2.75) is 32.2 Å². The highest BCUT2D eigenvalue weighted by atomic mass is 32.2. The van der Waals surface area contributed by atoms with Gasteiger partial charge in [0.05, 0.1) is 17.9 Å². The van der Waals surface area contributed by atoms with Crippen molar-refractivity contribution < 1.29 is 19.1 Å². The highest BCUT2D eigenvalue weighted by Crippen LogP contribution is 2.20. The van der Waals surface area contributed by atoms with Crippen LogP contribution >= 0.6 is 11.8 Å². The lowest BCUT2D eigenvalue weighted by Crippen LogP contribution is -2.15. The predicted octanol–water partition coefficient (Wildman–Crippen LogP) is 4.26. The minimum absolute atomic E-state index is 0.147. The average molecular weight is 467 g/mol. The molecule has 172 valence electrons. The molecule has 0 fully saturated rings. The fourth-order valence-corrected chi connectivity index (χ4v) is 3.63. The van der Waals surface area contributed by atoms with Crippen LogP contribution < -0.4 is 10.1 Å². The summed E-state index contributed by atoms with van der Waals surface area (Å²) < 4.78 is 12.6. The van der Waals surface area contributed by atoms with Crippen LogP contribution in [0.25, 0.3) is 0 Å². The number of hydrogen-bond donors (Lipinski definition) is 1. The van der Waals surface area contributed by atoms with E-state index >= 15 is 0 Å². The van der Waals surface area contributed by atoms with Crippen molar-refractivity contribution in [3.05, 3.63) is 78.1 Å². The molecule has 1 aromatic heterocycles. The van der Waals surface area contributed by atoms with Gasteiger partial charge in [0, 0.05) is 12.2 Å². The van der Waals surface area contributed by atoms with Crippen LogP contribution in [0.2, 0.25) is 0 Å². The highest BCUT2D eigenvalue weighted by molar-refractivity contribution is 7.99. The van der Waals surface area contributed by atoms with Crippen LogP contribution in [0.1, 0.15) is 28.7 Å². The van der Waals surface area contributed by atoms with Crippen molar-refractivity contribution in [1.82, 2.24) is 14.8 Å². The Morgan fingerprint density at radius 3 is 2.52 bits per heavy atom. The van der Waals surface area contributed by atoms with Crippen LogP contribution in [0.5, 0.6) is 5.75 Å². The predicted molar refractivity (Wildman–Crippen MR) is 127 cm³/mol. The summed E-state index contributed by atoms with van der Waals surface area (Å²) in [7, 11) is 0. The number of carbonyl (C=O) groups excluding carboxylic acids is 2. The Labute approximate surface area is 197 Å². The molecule has 3 aromatic rings. The lowest BCUT2D eigenvalue weighted by atomic mass is 10.2. The molecule has 0 saturated heterocycles. The second-order valence-electron chi connectivity index (χ2n) is 7.03. The Morgan fingerprint density at radius 2 is 1.85 bits per heavy atom. The number of ether oxygens (including phenoxy) is 2. The number of nitrogens with one attached hydrogen (secondary N) is 1. The average Bonchev–Trinajstić information content (AvgIpc) is 3.19. The molecule has 3 rings (SSSR count). The maximum atomic E-state index is 12.4. The first-order valence-corrected chi connectivity index (χ1v) is 11.4. The standard InChI is InChI=1S/C24H26N4O4S/c1-4-14-28-21(15-32-20-12-6-17(3)7-13-20)26-27-24(28)33-16-22(29)25-19-10-8-18(9-11-19)23(30)31-5-2/h4,6-13H,1,5,14-16H2,2-3H3,(H,25,29). The number of aryl methyl sites for hydroxylation is 1. The summed E-state index contributed by atoms with van der Waals surface area (Å²) in [5, 5.41) is 11.8. The molecule has 8 nitrogen and oxygen atoms in total. The van der Waals surface area contributed by atoms with Crippen LogP contribution in [-0.2, 0) is 22.7 Å². The fraction of sp³-hybridized carbons (Fsp3) is 0.250. The number of anilines is 1. The van der Waals surface area contributed by atoms with Crippen molar-refractivity contribution in [3.8, 4) is 5.75 Å². The first kappa shape index (κ1) is 24.1. The molecule has 9 heteroatoms. The Hall–Kier alpha value is -3.59. The number of hydrogen-bond acceptors (Lipinski definition) is 7. The molecule has 1 N–H and O–H groups in total. The van der Waals surface area contributed by atoms with E-state index in [0.29, 0.717) is 35.4 Å². The topological polar surface area (TPSA) is 95.3 Å². The number of thioether (sulfide) groups is 1. The van der Waals surface area contributed by atoms with E-state index in [0.717, 1.165) is 11.3 Å². The van der Waals surface area contributed by atoms with Gasteiger partial charge in [-0.05, 0) is 50.2 Å². The van der Waals surface area contributed by atoms with Crippen LogP contribution in [0.4, 0.5) is 5.69 Å². The molecule has 0 aliphatic carbocycles. The Morgan fingerprint density at radius 1 is 1.12 bits per heavy atom. The van der Waals surface area contributed by atoms with Gasteiger partial charge in [-0.3, -0.25) is 9.36 Å². The summed E-state index contributed by atoms with van der Waals surface area (Å²) in [6, 6.07) is 14.3. The fourth-order valence-electron chi connectivity index (χ4n) is 2.86. The number of rotatable bonds is 11. The van der Waals surface area contributed by atoms with E-state index in [9.17, 15) is 9.59 Å². The van der Waals surface area contributed by atoms with Crippen LogP contribution in [0, 0.1) is 6.92 Å². The minimum Gasteiger partial charge on any atom is -0.486 e. The zero-order chi connectivity index (χ0) is 23.6. The van der Waals surface area contributed by atoms with Gasteiger partial charge in [-0.15, -0.1) is 16.8 Å². The van der Waals surface area contributed by atoms with Gasteiger partial charge in [0.15, 0.2) is 11.0 Å². The van der Waals surface area contributed by atoms with E-state index < -0.39 is 5.97 Å². The summed E-state index contributed by atoms with van der Waals surface area (Å²) in [6.07, 6.45) is 1.74. The van der Waals surface area contributed by atoms with E-state index in [-0.39, 0.29) is 18.3 Å². The lowest BCUT2D eigenvalue weighted by Gasteiger charge is -2.10. The molecule has 0 aliphatic rings. The molecule has 0 aliphatic heterocycles. The van der Waals surface area contributed by atoms with Gasteiger partial charge in [0.1, 0.15) is 12.4 Å². The normalized spacial score (nSPS) is 10.5. The largest absolute Gasteiger partial charge is 0.486 e. The molecule has 0 radical (unpaired) electrons. The van der Waals surface area contributed by atoms with Crippen LogP contribution in [-0.4, -0.2) is 39.0 Å². The Kier molecular flexibility index (Phi) is 8.65. The minimum atomic E-state index is -0.394. The second kappa shape index (κ2) is 11.9. The number of allylic oxidation sites excluding steroid dienone is 1. The molecule has 0 unspecified atom stereocenters. The second-order valence-corrected chi connectivity index (χ2v) is 7.98. The van der Waals surface area contributed by atoms with E-state index in [4.69, 9.17) is 9.47 Å². The maximum absolute atomic E-state index is 12.4. The molecule has 0 spiro atoms. The number of nitrogens with zero attached hydrogens (tertiary/aromatic N) is 3. The van der Waals surface area contributed by atoms with Crippen molar-refractivity contribution in [2.75, 3.05) is 17.7 Å². The SMILES string of the molecule is C=CCn1c(COc2ccc(C)cc2)nnc1SCC(=O)Nc1ccc(C(=O)OCC)cc1. The molecular weight excluding hydrogens is 440 g/mol. The summed E-state index contributed by atoms with van der Waals surface area (Å²) in [4.78, 5) is 24.1. The van der Waals surface area contributed by atoms with Gasteiger partial charge in [-0.25, -0.2) is 4.79 Å². The Bertz CT molecular complexity index is 1090. The quantitative estimate of drug-likeness (QED) is 0.256. The number of benzene rings is 2. The van der Waals surface area contributed by atoms with E-state index in [1.165, 1.54) is 11.8 Å². The van der Waals surface area contributed by atoms with E-state index in [2.05, 4.69) is 22.1 Å². The third kappa shape index (κ3) is 6.95. The van der Waals surface area contributed by atoms with Crippen LogP contribution in [0.15, 0.2) is 66.3 Å². The zero-order valence-corrected chi connectivity index (χ0v) is 19.4. The first-order chi connectivity index (χ1) is 16.0. The highest BCUT2D eigenvalue weighted by Gasteiger charge is 2.14.